The first-order valence-corrected chi connectivity index (χ1v) is 13.2. The van der Waals surface area contributed by atoms with Crippen molar-refractivity contribution < 1.29 is 17.9 Å². The molecule has 6 nitrogen and oxygen atoms in total. The van der Waals surface area contributed by atoms with E-state index in [9.17, 15) is 13.2 Å². The molecule has 2 unspecified atom stereocenters. The fourth-order valence-electron chi connectivity index (χ4n) is 5.50. The molecular weight excluding hydrogens is 424 g/mol. The van der Waals surface area contributed by atoms with E-state index >= 15 is 0 Å². The Kier molecular flexibility index (Phi) is 6.58. The molecule has 4 rings (SSSR count). The van der Waals surface area contributed by atoms with E-state index in [1.165, 1.54) is 11.8 Å². The van der Waals surface area contributed by atoms with Crippen molar-refractivity contribution in [3.05, 3.63) is 65.7 Å². The maximum Gasteiger partial charge on any atom is 0.306 e. The third-order valence-electron chi connectivity index (χ3n) is 7.00. The number of hydrogen-bond acceptors (Lipinski definition) is 5. The summed E-state index contributed by atoms with van der Waals surface area (Å²) in [6.45, 7) is 5.52. The highest BCUT2D eigenvalue weighted by Crippen LogP contribution is 2.65. The Balaban J connectivity index is 1.25. The number of rotatable bonds is 10. The van der Waals surface area contributed by atoms with Crippen molar-refractivity contribution in [2.24, 2.45) is 11.8 Å². The molecule has 1 N–H and O–H groups in total. The van der Waals surface area contributed by atoms with Crippen LogP contribution in [0.5, 0.6) is 0 Å². The first kappa shape index (κ1) is 22.8. The number of nitrogens with one attached hydrogen (secondary N) is 1. The van der Waals surface area contributed by atoms with Crippen LogP contribution in [0.4, 0.5) is 5.69 Å². The summed E-state index contributed by atoms with van der Waals surface area (Å²) >= 11 is 0. The topological polar surface area (TPSA) is 75.7 Å². The van der Waals surface area contributed by atoms with Gasteiger partial charge < -0.3 is 9.64 Å². The van der Waals surface area contributed by atoms with Crippen molar-refractivity contribution in [1.29, 1.82) is 0 Å². The van der Waals surface area contributed by atoms with Gasteiger partial charge in [0, 0.05) is 30.6 Å². The van der Waals surface area contributed by atoms with Gasteiger partial charge >= 0.3 is 5.97 Å². The summed E-state index contributed by atoms with van der Waals surface area (Å²) in [5.74, 6) is 1.04. The lowest BCUT2D eigenvalue weighted by Gasteiger charge is -2.26. The number of sulfonamides is 1. The van der Waals surface area contributed by atoms with Crippen molar-refractivity contribution in [3.63, 3.8) is 0 Å². The predicted octanol–water partition coefficient (Wildman–Crippen LogP) is 3.79. The lowest BCUT2D eigenvalue weighted by Crippen LogP contribution is -2.31. The summed E-state index contributed by atoms with van der Waals surface area (Å²) in [4.78, 5) is 14.5. The van der Waals surface area contributed by atoms with Crippen LogP contribution in [0.2, 0.25) is 0 Å². The third-order valence-corrected chi connectivity index (χ3v) is 7.60. The number of esters is 1. The second-order valence-corrected chi connectivity index (χ2v) is 10.8. The maximum absolute atomic E-state index is 12.0. The number of nitrogens with zero attached hydrogens (tertiary/aromatic N) is 1. The summed E-state index contributed by atoms with van der Waals surface area (Å²) < 4.78 is 31.2. The molecule has 0 aromatic heterocycles. The van der Waals surface area contributed by atoms with Crippen LogP contribution in [-0.2, 0) is 31.6 Å². The monoisotopic (exact) mass is 456 g/mol. The average Bonchev–Trinajstić information content (AvgIpc) is 3.14. The number of fused-ring (bicyclic) bond motifs is 1. The molecule has 1 saturated heterocycles. The summed E-state index contributed by atoms with van der Waals surface area (Å²) in [6, 6.07) is 17.6. The van der Waals surface area contributed by atoms with Crippen LogP contribution >= 0.6 is 0 Å². The standard InChI is InChI=1S/C25H32N2O4S/c1-3-25(20-11-7-12-21(15-20)26-32(2,29)30)22-16-27(17-23(22)25)14-8-13-24(28)31-18-19-9-5-4-6-10-19/h4-7,9-12,15,22-23,26H,3,8,13-14,16-18H2,1-2H3. The van der Waals surface area contributed by atoms with Gasteiger partial charge in [0.2, 0.25) is 10.0 Å². The quantitative estimate of drug-likeness (QED) is 0.551. The number of ether oxygens (including phenoxy) is 1. The Labute approximate surface area is 191 Å². The minimum atomic E-state index is -3.29. The van der Waals surface area contributed by atoms with E-state index in [0.717, 1.165) is 38.0 Å². The number of likely N-dealkylation sites (tertiary alicyclic amines) is 1. The summed E-state index contributed by atoms with van der Waals surface area (Å²) in [6.07, 6.45) is 3.47. The SMILES string of the molecule is CCC1(c2cccc(NS(C)(=O)=O)c2)C2CN(CCCC(=O)OCc3ccccc3)CC21. The van der Waals surface area contributed by atoms with Crippen LogP contribution in [0.1, 0.15) is 37.3 Å². The van der Waals surface area contributed by atoms with Crippen molar-refractivity contribution in [2.75, 3.05) is 30.6 Å². The Morgan fingerprint density at radius 2 is 1.84 bits per heavy atom. The highest BCUT2D eigenvalue weighted by atomic mass is 32.2. The molecule has 0 amide bonds. The smallest absolute Gasteiger partial charge is 0.306 e. The maximum atomic E-state index is 12.0. The van der Waals surface area contributed by atoms with Gasteiger partial charge in [-0.15, -0.1) is 0 Å². The van der Waals surface area contributed by atoms with Crippen molar-refractivity contribution >= 4 is 21.7 Å². The molecule has 32 heavy (non-hydrogen) atoms. The Bertz CT molecular complexity index is 1040. The van der Waals surface area contributed by atoms with Gasteiger partial charge in [-0.2, -0.15) is 0 Å². The lowest BCUT2D eigenvalue weighted by atomic mass is 9.87. The van der Waals surface area contributed by atoms with Crippen LogP contribution in [-0.4, -0.2) is 45.2 Å². The zero-order valence-electron chi connectivity index (χ0n) is 18.8. The highest BCUT2D eigenvalue weighted by molar-refractivity contribution is 7.92. The van der Waals surface area contributed by atoms with Crippen molar-refractivity contribution in [3.8, 4) is 0 Å². The van der Waals surface area contributed by atoms with E-state index in [-0.39, 0.29) is 11.4 Å². The van der Waals surface area contributed by atoms with E-state index in [1.807, 2.05) is 42.5 Å². The molecule has 0 bridgehead atoms. The summed E-state index contributed by atoms with van der Waals surface area (Å²) in [5, 5.41) is 0. The number of hydrogen-bond donors (Lipinski definition) is 1. The molecule has 0 radical (unpaired) electrons. The Morgan fingerprint density at radius 1 is 1.12 bits per heavy atom. The molecule has 7 heteroatoms. The van der Waals surface area contributed by atoms with E-state index < -0.39 is 10.0 Å². The van der Waals surface area contributed by atoms with E-state index in [2.05, 4.69) is 22.6 Å². The third kappa shape index (κ3) is 4.99. The number of anilines is 1. The molecule has 2 aromatic rings. The Morgan fingerprint density at radius 3 is 2.50 bits per heavy atom. The molecule has 2 aliphatic rings. The highest BCUT2D eigenvalue weighted by Gasteiger charge is 2.67. The van der Waals surface area contributed by atoms with Crippen LogP contribution in [0.25, 0.3) is 0 Å². The van der Waals surface area contributed by atoms with E-state index in [0.29, 0.717) is 30.6 Å². The molecule has 0 spiro atoms. The minimum Gasteiger partial charge on any atom is -0.461 e. The summed E-state index contributed by atoms with van der Waals surface area (Å²) in [5.41, 5.74) is 3.01. The molecule has 1 aliphatic carbocycles. The first-order chi connectivity index (χ1) is 15.3. The van der Waals surface area contributed by atoms with Gasteiger partial charge in [0.25, 0.3) is 0 Å². The lowest BCUT2D eigenvalue weighted by molar-refractivity contribution is -0.145. The van der Waals surface area contributed by atoms with Crippen molar-refractivity contribution in [1.82, 2.24) is 4.90 Å². The Hall–Kier alpha value is -2.38. The summed E-state index contributed by atoms with van der Waals surface area (Å²) in [7, 11) is -3.29. The molecule has 172 valence electrons. The molecule has 2 atom stereocenters. The van der Waals surface area contributed by atoms with Gasteiger partial charge in [-0.05, 0) is 54.5 Å². The molecule has 2 aromatic carbocycles. The normalized spacial score (nSPS) is 24.7. The van der Waals surface area contributed by atoms with Gasteiger partial charge in [0.15, 0.2) is 0 Å². The first-order valence-electron chi connectivity index (χ1n) is 11.3. The fraction of sp³-hybridized carbons (Fsp3) is 0.480. The number of carbonyl (C=O) groups excluding carboxylic acids is 1. The minimum absolute atomic E-state index is 0.139. The van der Waals surface area contributed by atoms with Crippen molar-refractivity contribution in [2.45, 2.75) is 38.2 Å². The second-order valence-electron chi connectivity index (χ2n) is 9.07. The van der Waals surface area contributed by atoms with Crippen LogP contribution in [0.3, 0.4) is 0 Å². The fourth-order valence-corrected chi connectivity index (χ4v) is 6.05. The van der Waals surface area contributed by atoms with Gasteiger partial charge in [-0.3, -0.25) is 9.52 Å². The zero-order valence-corrected chi connectivity index (χ0v) is 19.6. The van der Waals surface area contributed by atoms with Gasteiger partial charge in [-0.25, -0.2) is 8.42 Å². The molecular formula is C25H32N2O4S. The zero-order chi connectivity index (χ0) is 22.8. The molecule has 1 aliphatic heterocycles. The second kappa shape index (κ2) is 9.24. The number of piperidine rings is 1. The van der Waals surface area contributed by atoms with Crippen LogP contribution in [0.15, 0.2) is 54.6 Å². The van der Waals surface area contributed by atoms with Gasteiger partial charge in [0.1, 0.15) is 6.61 Å². The largest absolute Gasteiger partial charge is 0.461 e. The molecule has 2 fully saturated rings. The predicted molar refractivity (Wildman–Crippen MR) is 126 cm³/mol. The number of carbonyl (C=O) groups is 1. The molecule has 1 saturated carbocycles. The van der Waals surface area contributed by atoms with Gasteiger partial charge in [0.05, 0.1) is 6.26 Å². The van der Waals surface area contributed by atoms with Crippen LogP contribution < -0.4 is 4.72 Å². The van der Waals surface area contributed by atoms with E-state index in [4.69, 9.17) is 4.74 Å². The number of benzene rings is 2. The van der Waals surface area contributed by atoms with Crippen LogP contribution in [0, 0.1) is 11.8 Å². The average molecular weight is 457 g/mol. The molecule has 1 heterocycles. The van der Waals surface area contributed by atoms with Gasteiger partial charge in [-0.1, -0.05) is 49.4 Å². The van der Waals surface area contributed by atoms with E-state index in [1.54, 1.807) is 6.07 Å².